The summed E-state index contributed by atoms with van der Waals surface area (Å²) in [5.41, 5.74) is 0.498. The van der Waals surface area contributed by atoms with E-state index in [0.717, 1.165) is 11.6 Å². The molecule has 1 aliphatic rings. The smallest absolute Gasteiger partial charge is 0.339 e. The Bertz CT molecular complexity index is 375. The molecular formula is C12H16N2O2S. The van der Waals surface area contributed by atoms with Crippen molar-refractivity contribution in [1.82, 2.24) is 4.98 Å². The van der Waals surface area contributed by atoms with Crippen molar-refractivity contribution in [3.8, 4) is 0 Å². The van der Waals surface area contributed by atoms with Crippen LogP contribution in [0.15, 0.2) is 18.3 Å². The maximum absolute atomic E-state index is 11.4. The van der Waals surface area contributed by atoms with Crippen LogP contribution in [0.4, 0.5) is 5.82 Å². The number of carbonyl (C=O) groups excluding carboxylic acids is 1. The molecule has 2 heterocycles. The van der Waals surface area contributed by atoms with Crippen LogP contribution in [0.2, 0.25) is 0 Å². The fourth-order valence-electron chi connectivity index (χ4n) is 1.67. The van der Waals surface area contributed by atoms with Gasteiger partial charge >= 0.3 is 5.97 Å². The fourth-order valence-corrected chi connectivity index (χ4v) is 2.82. The van der Waals surface area contributed by atoms with Crippen molar-refractivity contribution in [2.75, 3.05) is 23.4 Å². The van der Waals surface area contributed by atoms with Crippen molar-refractivity contribution < 1.29 is 9.53 Å². The van der Waals surface area contributed by atoms with Crippen LogP contribution in [-0.2, 0) is 4.74 Å². The lowest BCUT2D eigenvalue weighted by Crippen LogP contribution is -2.19. The first-order valence-corrected chi connectivity index (χ1v) is 6.92. The Balaban J connectivity index is 1.94. The zero-order chi connectivity index (χ0) is 12.1. The number of rotatable bonds is 4. The summed E-state index contributed by atoms with van der Waals surface area (Å²) in [7, 11) is 0. The lowest BCUT2D eigenvalue weighted by atomic mass is 10.2. The van der Waals surface area contributed by atoms with Gasteiger partial charge in [0.2, 0.25) is 0 Å². The van der Waals surface area contributed by atoms with Gasteiger partial charge in [-0.2, -0.15) is 11.8 Å². The number of thioether (sulfide) groups is 1. The zero-order valence-electron chi connectivity index (χ0n) is 9.81. The average molecular weight is 252 g/mol. The van der Waals surface area contributed by atoms with Crippen molar-refractivity contribution in [3.63, 3.8) is 0 Å². The number of esters is 1. The quantitative estimate of drug-likeness (QED) is 0.832. The number of hydrogen-bond acceptors (Lipinski definition) is 5. The molecular weight excluding hydrogens is 236 g/mol. The first-order chi connectivity index (χ1) is 8.29. The molecule has 0 radical (unpaired) electrons. The molecule has 1 aromatic rings. The molecule has 0 aromatic carbocycles. The van der Waals surface area contributed by atoms with E-state index in [9.17, 15) is 4.79 Å². The van der Waals surface area contributed by atoms with Crippen molar-refractivity contribution >= 4 is 23.5 Å². The van der Waals surface area contributed by atoms with Gasteiger partial charge in [-0.25, -0.2) is 9.78 Å². The van der Waals surface area contributed by atoms with E-state index in [4.69, 9.17) is 4.74 Å². The largest absolute Gasteiger partial charge is 0.462 e. The van der Waals surface area contributed by atoms with Gasteiger partial charge in [0.25, 0.3) is 0 Å². The molecule has 1 saturated heterocycles. The molecule has 0 spiro atoms. The van der Waals surface area contributed by atoms with Gasteiger partial charge in [-0.15, -0.1) is 0 Å². The van der Waals surface area contributed by atoms with Crippen LogP contribution in [-0.4, -0.2) is 35.1 Å². The predicted molar refractivity (Wildman–Crippen MR) is 69.5 cm³/mol. The number of aromatic nitrogens is 1. The molecule has 1 atom stereocenters. The summed E-state index contributed by atoms with van der Waals surface area (Å²) in [4.78, 5) is 15.6. The van der Waals surface area contributed by atoms with Gasteiger partial charge < -0.3 is 10.1 Å². The van der Waals surface area contributed by atoms with Crippen LogP contribution in [0.3, 0.4) is 0 Å². The van der Waals surface area contributed by atoms with E-state index in [-0.39, 0.29) is 5.97 Å². The average Bonchev–Trinajstić information content (AvgIpc) is 2.83. The van der Waals surface area contributed by atoms with E-state index in [0.29, 0.717) is 18.2 Å². The Morgan fingerprint density at radius 3 is 3.12 bits per heavy atom. The van der Waals surface area contributed by atoms with Crippen LogP contribution in [0.25, 0.3) is 0 Å². The molecule has 0 amide bonds. The molecule has 1 fully saturated rings. The monoisotopic (exact) mass is 252 g/mol. The van der Waals surface area contributed by atoms with Gasteiger partial charge in [-0.05, 0) is 31.2 Å². The molecule has 92 valence electrons. The number of carbonyl (C=O) groups is 1. The third-order valence-electron chi connectivity index (χ3n) is 2.56. The van der Waals surface area contributed by atoms with Gasteiger partial charge in [0.05, 0.1) is 12.2 Å². The number of nitrogens with zero attached hydrogens (tertiary/aromatic N) is 1. The second-order valence-electron chi connectivity index (χ2n) is 3.86. The molecule has 1 aromatic heterocycles. The maximum atomic E-state index is 11.4. The Morgan fingerprint density at radius 1 is 1.65 bits per heavy atom. The molecule has 0 aliphatic carbocycles. The van der Waals surface area contributed by atoms with Crippen LogP contribution in [0.5, 0.6) is 0 Å². The number of ether oxygens (including phenoxy) is 1. The number of hydrogen-bond donors (Lipinski definition) is 1. The van der Waals surface area contributed by atoms with E-state index in [2.05, 4.69) is 10.3 Å². The minimum atomic E-state index is -0.317. The molecule has 0 saturated carbocycles. The van der Waals surface area contributed by atoms with E-state index >= 15 is 0 Å². The Hall–Kier alpha value is -1.23. The van der Waals surface area contributed by atoms with E-state index < -0.39 is 0 Å². The summed E-state index contributed by atoms with van der Waals surface area (Å²) in [5.74, 6) is 2.84. The van der Waals surface area contributed by atoms with Gasteiger partial charge in [0, 0.05) is 18.0 Å². The van der Waals surface area contributed by atoms with E-state index in [1.165, 1.54) is 12.2 Å². The van der Waals surface area contributed by atoms with E-state index in [1.807, 2.05) is 17.8 Å². The van der Waals surface area contributed by atoms with Crippen molar-refractivity contribution in [1.29, 1.82) is 0 Å². The highest BCUT2D eigenvalue weighted by Crippen LogP contribution is 2.20. The fraction of sp³-hybridized carbons (Fsp3) is 0.500. The van der Waals surface area contributed by atoms with Crippen molar-refractivity contribution in [2.24, 2.45) is 0 Å². The summed E-state index contributed by atoms with van der Waals surface area (Å²) < 4.78 is 4.90. The minimum Gasteiger partial charge on any atom is -0.462 e. The summed E-state index contributed by atoms with van der Waals surface area (Å²) >= 11 is 1.95. The second-order valence-corrected chi connectivity index (χ2v) is 5.01. The number of anilines is 1. The standard InChI is InChI=1S/C12H16N2O2S/c1-2-16-12(15)9-3-4-11(13-7-9)14-10-5-6-17-8-10/h3-4,7,10H,2,5-6,8H2,1H3,(H,13,14). The summed E-state index contributed by atoms with van der Waals surface area (Å²) in [6.07, 6.45) is 2.73. The lowest BCUT2D eigenvalue weighted by molar-refractivity contribution is 0.0526. The molecule has 1 unspecified atom stereocenters. The first-order valence-electron chi connectivity index (χ1n) is 5.77. The topological polar surface area (TPSA) is 51.2 Å². The summed E-state index contributed by atoms with van der Waals surface area (Å²) in [6.45, 7) is 2.18. The predicted octanol–water partition coefficient (Wildman–Crippen LogP) is 2.18. The maximum Gasteiger partial charge on any atom is 0.339 e. The third kappa shape index (κ3) is 3.36. The normalized spacial score (nSPS) is 19.0. The summed E-state index contributed by atoms with van der Waals surface area (Å²) in [5, 5.41) is 3.35. The Labute approximate surface area is 105 Å². The molecule has 2 rings (SSSR count). The zero-order valence-corrected chi connectivity index (χ0v) is 10.6. The van der Waals surface area contributed by atoms with Crippen LogP contribution in [0.1, 0.15) is 23.7 Å². The molecule has 1 N–H and O–H groups in total. The van der Waals surface area contributed by atoms with Gasteiger partial charge in [0.1, 0.15) is 5.82 Å². The second kappa shape index (κ2) is 5.91. The summed E-state index contributed by atoms with van der Waals surface area (Å²) in [6, 6.07) is 4.07. The number of nitrogens with one attached hydrogen (secondary N) is 1. The molecule has 4 nitrogen and oxygen atoms in total. The highest BCUT2D eigenvalue weighted by atomic mass is 32.2. The highest BCUT2D eigenvalue weighted by Gasteiger charge is 2.15. The van der Waals surface area contributed by atoms with Gasteiger partial charge in [-0.1, -0.05) is 0 Å². The SMILES string of the molecule is CCOC(=O)c1ccc(NC2CCSC2)nc1. The van der Waals surface area contributed by atoms with Crippen molar-refractivity contribution in [3.05, 3.63) is 23.9 Å². The Kier molecular flexibility index (Phi) is 4.25. The Morgan fingerprint density at radius 2 is 2.53 bits per heavy atom. The highest BCUT2D eigenvalue weighted by molar-refractivity contribution is 7.99. The van der Waals surface area contributed by atoms with Crippen LogP contribution < -0.4 is 5.32 Å². The van der Waals surface area contributed by atoms with Crippen molar-refractivity contribution in [2.45, 2.75) is 19.4 Å². The molecule has 1 aliphatic heterocycles. The van der Waals surface area contributed by atoms with Crippen LogP contribution >= 0.6 is 11.8 Å². The molecule has 5 heteroatoms. The molecule has 17 heavy (non-hydrogen) atoms. The first kappa shape index (κ1) is 12.2. The number of pyridine rings is 1. The third-order valence-corrected chi connectivity index (χ3v) is 3.72. The molecule has 0 bridgehead atoms. The lowest BCUT2D eigenvalue weighted by Gasteiger charge is -2.11. The van der Waals surface area contributed by atoms with Gasteiger partial charge in [-0.3, -0.25) is 0 Å². The minimum absolute atomic E-state index is 0.317. The van der Waals surface area contributed by atoms with Gasteiger partial charge in [0.15, 0.2) is 0 Å². The van der Waals surface area contributed by atoms with E-state index in [1.54, 1.807) is 19.2 Å². The van der Waals surface area contributed by atoms with Crippen LogP contribution in [0, 0.1) is 0 Å².